The first-order chi connectivity index (χ1) is 10.5. The summed E-state index contributed by atoms with van der Waals surface area (Å²) in [6.45, 7) is 0. The number of carbonyl (C=O) groups is 1. The first-order valence-electron chi connectivity index (χ1n) is 6.82. The maximum absolute atomic E-state index is 13.1. The molecule has 2 rings (SSSR count). The average Bonchev–Trinajstić information content (AvgIpc) is 2.45. The molecule has 0 atom stereocenters. The van der Waals surface area contributed by atoms with E-state index in [1.807, 2.05) is 0 Å². The fraction of sp³-hybridized carbons (Fsp3) is 0.538. The molecule has 10 heteroatoms. The highest BCUT2D eigenvalue weighted by atomic mass is 32.2. The quantitative estimate of drug-likeness (QED) is 0.871. The third-order valence-corrected chi connectivity index (χ3v) is 5.46. The lowest BCUT2D eigenvalue weighted by Gasteiger charge is -2.27. The minimum absolute atomic E-state index is 0.0990. The molecule has 2 N–H and O–H groups in total. The van der Waals surface area contributed by atoms with Gasteiger partial charge in [-0.25, -0.2) is 13.4 Å². The molecule has 1 aromatic heterocycles. The zero-order valence-electron chi connectivity index (χ0n) is 12.3. The van der Waals surface area contributed by atoms with Crippen LogP contribution >= 0.6 is 0 Å². The summed E-state index contributed by atoms with van der Waals surface area (Å²) in [6.07, 6.45) is -3.47. The van der Waals surface area contributed by atoms with Gasteiger partial charge >= 0.3 is 6.18 Å². The molecule has 128 valence electrons. The molecular weight excluding hydrogens is 335 g/mol. The Kier molecular flexibility index (Phi) is 4.56. The second-order valence-electron chi connectivity index (χ2n) is 5.46. The Morgan fingerprint density at radius 3 is 2.43 bits per heavy atom. The number of rotatable bonds is 2. The van der Waals surface area contributed by atoms with E-state index in [0.29, 0.717) is 0 Å². The SMILES string of the molecule is CN(C(=O)C1CCS(=O)(=O)CC1)c1ncc(N)cc1C(F)(F)F. The Morgan fingerprint density at radius 1 is 1.35 bits per heavy atom. The molecule has 1 aliphatic rings. The van der Waals surface area contributed by atoms with Crippen molar-refractivity contribution in [3.8, 4) is 0 Å². The Balaban J connectivity index is 2.27. The second kappa shape index (κ2) is 5.99. The molecule has 0 radical (unpaired) electrons. The standard InChI is InChI=1S/C13H16F3N3O3S/c1-19(12(20)8-2-4-23(21,22)5-3-8)11-10(13(14,15)16)6-9(17)7-18-11/h6-8H,2-5,17H2,1H3. The molecule has 0 spiro atoms. The highest BCUT2D eigenvalue weighted by Crippen LogP contribution is 2.36. The van der Waals surface area contributed by atoms with Gasteiger partial charge in [0.15, 0.2) is 0 Å². The van der Waals surface area contributed by atoms with Crippen molar-refractivity contribution in [3.05, 3.63) is 17.8 Å². The van der Waals surface area contributed by atoms with E-state index in [1.54, 1.807) is 0 Å². The van der Waals surface area contributed by atoms with Crippen LogP contribution in [0.25, 0.3) is 0 Å². The highest BCUT2D eigenvalue weighted by molar-refractivity contribution is 7.91. The summed E-state index contributed by atoms with van der Waals surface area (Å²) in [5.74, 6) is -2.03. The number of pyridine rings is 1. The zero-order valence-corrected chi connectivity index (χ0v) is 13.1. The van der Waals surface area contributed by atoms with Crippen LogP contribution in [0.2, 0.25) is 0 Å². The maximum atomic E-state index is 13.1. The first-order valence-corrected chi connectivity index (χ1v) is 8.64. The van der Waals surface area contributed by atoms with Gasteiger partial charge < -0.3 is 5.73 Å². The van der Waals surface area contributed by atoms with E-state index < -0.39 is 39.2 Å². The van der Waals surface area contributed by atoms with Crippen molar-refractivity contribution >= 4 is 27.2 Å². The molecule has 23 heavy (non-hydrogen) atoms. The van der Waals surface area contributed by atoms with Crippen LogP contribution < -0.4 is 10.6 Å². The van der Waals surface area contributed by atoms with Crippen molar-refractivity contribution in [2.45, 2.75) is 19.0 Å². The summed E-state index contributed by atoms with van der Waals surface area (Å²) < 4.78 is 62.0. The van der Waals surface area contributed by atoms with Gasteiger partial charge in [-0.2, -0.15) is 13.2 Å². The van der Waals surface area contributed by atoms with Gasteiger partial charge in [-0.3, -0.25) is 9.69 Å². The number of nitrogen functional groups attached to an aromatic ring is 1. The third kappa shape index (κ3) is 3.92. The number of amides is 1. The van der Waals surface area contributed by atoms with Crippen molar-refractivity contribution in [2.24, 2.45) is 5.92 Å². The summed E-state index contributed by atoms with van der Waals surface area (Å²) in [7, 11) is -1.97. The van der Waals surface area contributed by atoms with Crippen molar-refractivity contribution < 1.29 is 26.4 Å². The lowest BCUT2D eigenvalue weighted by atomic mass is 10.0. The molecule has 0 aliphatic carbocycles. The summed E-state index contributed by atoms with van der Waals surface area (Å²) in [5, 5.41) is 0. The minimum Gasteiger partial charge on any atom is -0.397 e. The van der Waals surface area contributed by atoms with E-state index in [-0.39, 0.29) is 30.0 Å². The van der Waals surface area contributed by atoms with E-state index in [2.05, 4.69) is 4.98 Å². The van der Waals surface area contributed by atoms with Gasteiger partial charge in [-0.1, -0.05) is 0 Å². The van der Waals surface area contributed by atoms with Crippen LogP contribution in [-0.4, -0.2) is 37.9 Å². The van der Waals surface area contributed by atoms with Crippen molar-refractivity contribution in [2.75, 3.05) is 29.2 Å². The van der Waals surface area contributed by atoms with Crippen molar-refractivity contribution in [1.82, 2.24) is 4.98 Å². The molecular formula is C13H16F3N3O3S. The van der Waals surface area contributed by atoms with Crippen LogP contribution in [0.3, 0.4) is 0 Å². The van der Waals surface area contributed by atoms with Crippen LogP contribution in [0.15, 0.2) is 12.3 Å². The van der Waals surface area contributed by atoms with Gasteiger partial charge in [0.25, 0.3) is 0 Å². The van der Waals surface area contributed by atoms with Crippen LogP contribution in [0.1, 0.15) is 18.4 Å². The molecule has 1 aromatic rings. The van der Waals surface area contributed by atoms with Gasteiger partial charge in [0.05, 0.1) is 23.4 Å². The van der Waals surface area contributed by atoms with Gasteiger partial charge in [-0.15, -0.1) is 0 Å². The van der Waals surface area contributed by atoms with E-state index in [4.69, 9.17) is 5.73 Å². The molecule has 0 aromatic carbocycles. The molecule has 0 bridgehead atoms. The number of hydrogen-bond donors (Lipinski definition) is 1. The van der Waals surface area contributed by atoms with E-state index >= 15 is 0 Å². The largest absolute Gasteiger partial charge is 0.420 e. The summed E-state index contributed by atoms with van der Waals surface area (Å²) in [6, 6.07) is 0.720. The monoisotopic (exact) mass is 351 g/mol. The second-order valence-corrected chi connectivity index (χ2v) is 7.76. The normalized spacial score (nSPS) is 18.6. The molecule has 1 fully saturated rings. The molecule has 2 heterocycles. The predicted molar refractivity (Wildman–Crippen MR) is 78.4 cm³/mol. The molecule has 1 amide bonds. The number of nitrogens with zero attached hydrogens (tertiary/aromatic N) is 2. The molecule has 0 saturated carbocycles. The molecule has 0 unspecified atom stereocenters. The first kappa shape index (κ1) is 17.5. The van der Waals surface area contributed by atoms with E-state index in [1.165, 1.54) is 7.05 Å². The highest BCUT2D eigenvalue weighted by Gasteiger charge is 2.38. The molecule has 1 aliphatic heterocycles. The van der Waals surface area contributed by atoms with Gasteiger partial charge in [0, 0.05) is 13.0 Å². The smallest absolute Gasteiger partial charge is 0.397 e. The fourth-order valence-corrected chi connectivity index (χ4v) is 3.96. The number of nitrogens with two attached hydrogens (primary N) is 1. The lowest BCUT2D eigenvalue weighted by Crippen LogP contribution is -2.38. The van der Waals surface area contributed by atoms with Crippen LogP contribution in [0.5, 0.6) is 0 Å². The topological polar surface area (TPSA) is 93.4 Å². The number of aromatic nitrogens is 1. The van der Waals surface area contributed by atoms with Crippen molar-refractivity contribution in [3.63, 3.8) is 0 Å². The number of carbonyl (C=O) groups excluding carboxylic acids is 1. The van der Waals surface area contributed by atoms with Gasteiger partial charge in [0.2, 0.25) is 5.91 Å². The Labute approximate surface area is 131 Å². The number of hydrogen-bond acceptors (Lipinski definition) is 5. The zero-order chi connectivity index (χ0) is 17.4. The Bertz CT molecular complexity index is 705. The van der Waals surface area contributed by atoms with Gasteiger partial charge in [-0.05, 0) is 18.9 Å². The Hall–Kier alpha value is -1.84. The summed E-state index contributed by atoms with van der Waals surface area (Å²) in [5.41, 5.74) is 4.08. The summed E-state index contributed by atoms with van der Waals surface area (Å²) in [4.78, 5) is 16.8. The number of alkyl halides is 3. The van der Waals surface area contributed by atoms with Crippen LogP contribution in [0, 0.1) is 5.92 Å². The number of halogens is 3. The predicted octanol–water partition coefficient (Wildman–Crippen LogP) is 1.47. The lowest BCUT2D eigenvalue weighted by molar-refractivity contribution is -0.137. The number of anilines is 2. The van der Waals surface area contributed by atoms with E-state index in [0.717, 1.165) is 17.2 Å². The maximum Gasteiger partial charge on any atom is 0.420 e. The van der Waals surface area contributed by atoms with Crippen LogP contribution in [0.4, 0.5) is 24.7 Å². The minimum atomic E-state index is -4.71. The third-order valence-electron chi connectivity index (χ3n) is 3.75. The van der Waals surface area contributed by atoms with Gasteiger partial charge in [0.1, 0.15) is 21.2 Å². The summed E-state index contributed by atoms with van der Waals surface area (Å²) >= 11 is 0. The Morgan fingerprint density at radius 2 is 1.91 bits per heavy atom. The average molecular weight is 351 g/mol. The number of sulfone groups is 1. The van der Waals surface area contributed by atoms with Crippen molar-refractivity contribution in [1.29, 1.82) is 0 Å². The van der Waals surface area contributed by atoms with E-state index in [9.17, 15) is 26.4 Å². The molecule has 1 saturated heterocycles. The van der Waals surface area contributed by atoms with Crippen LogP contribution in [-0.2, 0) is 20.8 Å². The molecule has 6 nitrogen and oxygen atoms in total. The fourth-order valence-electron chi connectivity index (χ4n) is 2.46.